The fourth-order valence-electron chi connectivity index (χ4n) is 5.43. The number of aryl methyl sites for hydroxylation is 2. The highest BCUT2D eigenvalue weighted by atomic mass is 35.5. The van der Waals surface area contributed by atoms with Crippen LogP contribution in [0.25, 0.3) is 0 Å². The number of anilines is 6. The first-order valence-electron chi connectivity index (χ1n) is 14.5. The van der Waals surface area contributed by atoms with Gasteiger partial charge < -0.3 is 30.9 Å². The minimum absolute atomic E-state index is 0.0395. The molecule has 44 heavy (non-hydrogen) atoms. The lowest BCUT2D eigenvalue weighted by Gasteiger charge is -2.31. The van der Waals surface area contributed by atoms with Crippen molar-refractivity contribution in [3.8, 4) is 5.75 Å². The molecule has 2 aromatic heterocycles. The van der Waals surface area contributed by atoms with E-state index >= 15 is 0 Å². The highest BCUT2D eigenvalue weighted by Gasteiger charge is 2.25. The molecule has 3 amide bonds. The van der Waals surface area contributed by atoms with Crippen LogP contribution in [-0.2, 0) is 17.6 Å². The summed E-state index contributed by atoms with van der Waals surface area (Å²) in [5.74, 6) is 1.77. The third-order valence-corrected chi connectivity index (χ3v) is 8.11. The van der Waals surface area contributed by atoms with Gasteiger partial charge in [0.25, 0.3) is 0 Å². The van der Waals surface area contributed by atoms with Crippen molar-refractivity contribution >= 4 is 58.1 Å². The maximum atomic E-state index is 13.2. The first-order valence-corrected chi connectivity index (χ1v) is 14.9. The summed E-state index contributed by atoms with van der Waals surface area (Å²) in [6.45, 7) is 1.20. The molecule has 4 N–H and O–H groups in total. The molecule has 226 valence electrons. The molecule has 2 aromatic carbocycles. The highest BCUT2D eigenvalue weighted by molar-refractivity contribution is 6.32. The number of methoxy groups -OCH3 is 1. The Hall–Kier alpha value is -4.90. The Balaban J connectivity index is 1.09. The van der Waals surface area contributed by atoms with Crippen LogP contribution in [0.5, 0.6) is 5.75 Å². The Labute approximate surface area is 260 Å². The molecule has 1 fully saturated rings. The van der Waals surface area contributed by atoms with Gasteiger partial charge in [0, 0.05) is 42.8 Å². The lowest BCUT2D eigenvalue weighted by molar-refractivity contribution is -0.117. The fraction of sp³-hybridized carbons (Fsp3) is 0.281. The van der Waals surface area contributed by atoms with Gasteiger partial charge in [-0.15, -0.1) is 0 Å². The molecule has 2 aliphatic rings. The summed E-state index contributed by atoms with van der Waals surface area (Å²) in [6, 6.07) is 14.9. The number of rotatable bonds is 5. The maximum absolute atomic E-state index is 13.2. The van der Waals surface area contributed by atoms with Crippen molar-refractivity contribution in [1.82, 2.24) is 19.9 Å². The largest absolute Gasteiger partial charge is 0.497 e. The van der Waals surface area contributed by atoms with Gasteiger partial charge in [-0.05, 0) is 91.3 Å². The van der Waals surface area contributed by atoms with Crippen LogP contribution in [0.3, 0.4) is 0 Å². The summed E-state index contributed by atoms with van der Waals surface area (Å²) in [4.78, 5) is 40.9. The van der Waals surface area contributed by atoms with E-state index in [9.17, 15) is 9.59 Å². The normalized spacial score (nSPS) is 14.5. The molecule has 0 aliphatic carbocycles. The zero-order valence-electron chi connectivity index (χ0n) is 24.3. The Morgan fingerprint density at radius 1 is 0.977 bits per heavy atom. The van der Waals surface area contributed by atoms with Crippen molar-refractivity contribution in [2.75, 3.05) is 41.5 Å². The van der Waals surface area contributed by atoms with Crippen LogP contribution in [-0.4, -0.2) is 52.0 Å². The first-order chi connectivity index (χ1) is 21.4. The van der Waals surface area contributed by atoms with Crippen LogP contribution in [0.15, 0.2) is 67.1 Å². The number of carbonyl (C=O) groups is 2. The van der Waals surface area contributed by atoms with Gasteiger partial charge >= 0.3 is 6.03 Å². The van der Waals surface area contributed by atoms with E-state index in [0.29, 0.717) is 48.4 Å². The molecule has 4 aromatic rings. The quantitative estimate of drug-likeness (QED) is 0.204. The number of carbonyl (C=O) groups excluding carboxylic acids is 2. The number of ether oxygens (including phenoxy) is 1. The van der Waals surface area contributed by atoms with Gasteiger partial charge in [0.05, 0.1) is 25.2 Å². The van der Waals surface area contributed by atoms with Crippen molar-refractivity contribution in [2.45, 2.75) is 32.1 Å². The lowest BCUT2D eigenvalue weighted by atomic mass is 9.93. The van der Waals surface area contributed by atoms with E-state index in [1.165, 1.54) is 0 Å². The van der Waals surface area contributed by atoms with Crippen molar-refractivity contribution in [3.63, 3.8) is 0 Å². The van der Waals surface area contributed by atoms with Gasteiger partial charge in [0.1, 0.15) is 10.8 Å². The molecule has 6 bridgehead atoms. The number of aromatic nitrogens is 3. The van der Waals surface area contributed by atoms with Gasteiger partial charge in [0.15, 0.2) is 5.82 Å². The van der Waals surface area contributed by atoms with Crippen LogP contribution in [0, 0.1) is 5.92 Å². The van der Waals surface area contributed by atoms with Crippen LogP contribution in [0.1, 0.15) is 30.4 Å². The molecule has 0 saturated carbocycles. The number of piperidine rings is 1. The van der Waals surface area contributed by atoms with E-state index in [1.807, 2.05) is 54.7 Å². The van der Waals surface area contributed by atoms with E-state index in [0.717, 1.165) is 53.2 Å². The number of fused-ring (bicyclic) bond motifs is 6. The van der Waals surface area contributed by atoms with Gasteiger partial charge in [0.2, 0.25) is 11.9 Å². The molecule has 6 rings (SSSR count). The van der Waals surface area contributed by atoms with Crippen molar-refractivity contribution in [3.05, 3.63) is 83.3 Å². The number of pyridine rings is 1. The van der Waals surface area contributed by atoms with E-state index in [1.54, 1.807) is 24.4 Å². The molecular weight excluding hydrogens is 580 g/mol. The van der Waals surface area contributed by atoms with E-state index in [-0.39, 0.29) is 17.9 Å². The second kappa shape index (κ2) is 13.2. The lowest BCUT2D eigenvalue weighted by Crippen LogP contribution is -2.41. The van der Waals surface area contributed by atoms with E-state index < -0.39 is 0 Å². The summed E-state index contributed by atoms with van der Waals surface area (Å²) in [5, 5.41) is 12.9. The van der Waals surface area contributed by atoms with Crippen LogP contribution in [0.2, 0.25) is 5.02 Å². The van der Waals surface area contributed by atoms with Gasteiger partial charge in [-0.3, -0.25) is 9.78 Å². The standard InChI is InChI=1S/C32H33ClN8O3/c1-44-26-7-4-23(5-8-26)38-32(43)41-12-10-20(11-13-41)15-29(42)39-28-9-6-24-16-22(28)3-2-21-14-25(18-34-17-21)37-31-35-19-27(33)30(36-24)40-31/h4-9,14,16-20H,2-3,10-13,15H2,1H3,(H,38,43)(H,39,42)(H2,35,36,37,40). The summed E-state index contributed by atoms with van der Waals surface area (Å²) in [7, 11) is 1.61. The maximum Gasteiger partial charge on any atom is 0.321 e. The molecule has 0 unspecified atom stereocenters. The molecule has 2 aliphatic heterocycles. The summed E-state index contributed by atoms with van der Waals surface area (Å²) in [5.41, 5.74) is 5.09. The number of benzene rings is 2. The number of halogens is 1. The molecule has 4 heterocycles. The fourth-order valence-corrected chi connectivity index (χ4v) is 5.57. The molecule has 0 radical (unpaired) electrons. The van der Waals surface area contributed by atoms with Gasteiger partial charge in [-0.1, -0.05) is 11.6 Å². The molecule has 1 saturated heterocycles. The predicted molar refractivity (Wildman–Crippen MR) is 171 cm³/mol. The molecule has 11 nitrogen and oxygen atoms in total. The number of nitrogens with one attached hydrogen (secondary N) is 4. The number of hydrogen-bond acceptors (Lipinski definition) is 8. The Morgan fingerprint density at radius 2 is 1.80 bits per heavy atom. The predicted octanol–water partition coefficient (Wildman–Crippen LogP) is 6.39. The van der Waals surface area contributed by atoms with Gasteiger partial charge in [-0.25, -0.2) is 9.78 Å². The summed E-state index contributed by atoms with van der Waals surface area (Å²) >= 11 is 6.38. The average molecular weight is 613 g/mol. The van der Waals surface area contributed by atoms with Crippen molar-refractivity contribution < 1.29 is 14.3 Å². The molecule has 12 heteroatoms. The number of amides is 3. The second-order valence-corrected chi connectivity index (χ2v) is 11.3. The zero-order valence-corrected chi connectivity index (χ0v) is 25.0. The smallest absolute Gasteiger partial charge is 0.321 e. The van der Waals surface area contributed by atoms with Crippen molar-refractivity contribution in [1.29, 1.82) is 0 Å². The third-order valence-electron chi connectivity index (χ3n) is 7.84. The topological polar surface area (TPSA) is 133 Å². The second-order valence-electron chi connectivity index (χ2n) is 10.9. The summed E-state index contributed by atoms with van der Waals surface area (Å²) < 4.78 is 5.17. The first kappa shape index (κ1) is 29.2. The molecule has 0 spiro atoms. The minimum Gasteiger partial charge on any atom is -0.497 e. The Bertz CT molecular complexity index is 1660. The van der Waals surface area contributed by atoms with Crippen molar-refractivity contribution in [2.24, 2.45) is 5.92 Å². The van der Waals surface area contributed by atoms with E-state index in [4.69, 9.17) is 16.3 Å². The van der Waals surface area contributed by atoms with Crippen LogP contribution >= 0.6 is 11.6 Å². The highest BCUT2D eigenvalue weighted by Crippen LogP contribution is 2.30. The third kappa shape index (κ3) is 7.17. The number of likely N-dealkylation sites (tertiary alicyclic amines) is 1. The Morgan fingerprint density at radius 3 is 2.59 bits per heavy atom. The van der Waals surface area contributed by atoms with Gasteiger partial charge in [-0.2, -0.15) is 4.98 Å². The zero-order chi connectivity index (χ0) is 30.5. The SMILES string of the molecule is COc1ccc(NC(=O)N2CCC(CC(=O)Nc3ccc4cc3CCc3cncc(c3)Nc3ncc(Cl)c(n3)N4)CC2)cc1. The number of nitrogens with zero attached hydrogens (tertiary/aromatic N) is 4. The minimum atomic E-state index is -0.136. The summed E-state index contributed by atoms with van der Waals surface area (Å²) in [6.07, 6.45) is 8.44. The Kier molecular flexibility index (Phi) is 8.74. The average Bonchev–Trinajstić information content (AvgIpc) is 3.03. The molecular formula is C32H33ClN8O3. The number of urea groups is 1. The number of hydrogen-bond donors (Lipinski definition) is 4. The van der Waals surface area contributed by atoms with Crippen LogP contribution < -0.4 is 26.0 Å². The monoisotopic (exact) mass is 612 g/mol. The van der Waals surface area contributed by atoms with E-state index in [2.05, 4.69) is 36.2 Å². The molecule has 0 atom stereocenters. The van der Waals surface area contributed by atoms with Crippen LogP contribution in [0.4, 0.5) is 39.3 Å².